The molecule has 0 aliphatic carbocycles. The highest BCUT2D eigenvalue weighted by molar-refractivity contribution is 7.99. The van der Waals surface area contributed by atoms with Crippen LogP contribution in [0.3, 0.4) is 0 Å². The first kappa shape index (κ1) is 21.5. The van der Waals surface area contributed by atoms with Gasteiger partial charge in [-0.15, -0.1) is 11.3 Å². The van der Waals surface area contributed by atoms with Crippen LogP contribution < -0.4 is 5.56 Å². The molecule has 0 aliphatic rings. The standard InChI is InChI=1S/C21H24FN3O2S2/c1-4-9-24(10-5-2)18(26)13-29-21-23-16-8-11-28-19(16)20(27)25(21)17-7-6-15(22)12-14(17)3/h6-8,11-12H,4-5,9-10,13H2,1-3H3. The van der Waals surface area contributed by atoms with Gasteiger partial charge in [-0.1, -0.05) is 25.6 Å². The number of hydrogen-bond acceptors (Lipinski definition) is 5. The molecule has 0 radical (unpaired) electrons. The highest BCUT2D eigenvalue weighted by Gasteiger charge is 2.19. The molecular formula is C21H24FN3O2S2. The van der Waals surface area contributed by atoms with E-state index in [9.17, 15) is 14.0 Å². The summed E-state index contributed by atoms with van der Waals surface area (Å²) < 4.78 is 15.6. The summed E-state index contributed by atoms with van der Waals surface area (Å²) in [7, 11) is 0. The van der Waals surface area contributed by atoms with Crippen molar-refractivity contribution in [2.75, 3.05) is 18.8 Å². The average molecular weight is 434 g/mol. The van der Waals surface area contributed by atoms with Gasteiger partial charge in [0.25, 0.3) is 5.56 Å². The van der Waals surface area contributed by atoms with Crippen molar-refractivity contribution in [2.24, 2.45) is 0 Å². The summed E-state index contributed by atoms with van der Waals surface area (Å²) in [5.41, 5.74) is 1.63. The summed E-state index contributed by atoms with van der Waals surface area (Å²) >= 11 is 2.58. The maximum absolute atomic E-state index is 13.6. The van der Waals surface area contributed by atoms with Gasteiger partial charge in [0.1, 0.15) is 10.5 Å². The van der Waals surface area contributed by atoms with Gasteiger partial charge in [0.15, 0.2) is 5.16 Å². The maximum Gasteiger partial charge on any atom is 0.276 e. The van der Waals surface area contributed by atoms with Gasteiger partial charge in [0.2, 0.25) is 5.91 Å². The van der Waals surface area contributed by atoms with E-state index < -0.39 is 0 Å². The normalized spacial score (nSPS) is 11.2. The second-order valence-corrected chi connectivity index (χ2v) is 8.63. The summed E-state index contributed by atoms with van der Waals surface area (Å²) in [6.45, 7) is 7.28. The number of halogens is 1. The first-order chi connectivity index (χ1) is 14.0. The molecule has 1 aromatic carbocycles. The molecule has 8 heteroatoms. The molecular weight excluding hydrogens is 409 g/mol. The number of rotatable bonds is 8. The van der Waals surface area contributed by atoms with Crippen LogP contribution in [0.2, 0.25) is 0 Å². The van der Waals surface area contributed by atoms with Crippen LogP contribution in [0.15, 0.2) is 39.6 Å². The van der Waals surface area contributed by atoms with Crippen molar-refractivity contribution < 1.29 is 9.18 Å². The number of carbonyl (C=O) groups is 1. The van der Waals surface area contributed by atoms with Crippen LogP contribution in [0.1, 0.15) is 32.3 Å². The molecule has 0 spiro atoms. The Balaban J connectivity index is 2.00. The minimum absolute atomic E-state index is 0.0285. The molecule has 0 saturated carbocycles. The Morgan fingerprint density at radius 1 is 1.24 bits per heavy atom. The number of benzene rings is 1. The van der Waals surface area contributed by atoms with Crippen LogP contribution >= 0.6 is 23.1 Å². The highest BCUT2D eigenvalue weighted by atomic mass is 32.2. The van der Waals surface area contributed by atoms with E-state index in [2.05, 4.69) is 4.98 Å². The summed E-state index contributed by atoms with van der Waals surface area (Å²) in [6.07, 6.45) is 1.80. The summed E-state index contributed by atoms with van der Waals surface area (Å²) in [6, 6.07) is 6.11. The average Bonchev–Trinajstić information content (AvgIpc) is 3.16. The van der Waals surface area contributed by atoms with Gasteiger partial charge in [-0.3, -0.25) is 14.2 Å². The zero-order valence-corrected chi connectivity index (χ0v) is 18.4. The van der Waals surface area contributed by atoms with Crippen molar-refractivity contribution in [1.29, 1.82) is 0 Å². The van der Waals surface area contributed by atoms with Gasteiger partial charge in [-0.05, 0) is 55.0 Å². The minimum Gasteiger partial charge on any atom is -0.342 e. The predicted molar refractivity (Wildman–Crippen MR) is 118 cm³/mol. The van der Waals surface area contributed by atoms with Crippen molar-refractivity contribution in [3.8, 4) is 5.69 Å². The van der Waals surface area contributed by atoms with Crippen LogP contribution in [-0.2, 0) is 4.79 Å². The molecule has 2 aromatic heterocycles. The summed E-state index contributed by atoms with van der Waals surface area (Å²) in [5.74, 6) is -0.133. The number of nitrogens with zero attached hydrogens (tertiary/aromatic N) is 3. The van der Waals surface area contributed by atoms with Crippen molar-refractivity contribution in [3.63, 3.8) is 0 Å². The number of thiophene rings is 1. The fraction of sp³-hybridized carbons (Fsp3) is 0.381. The number of amides is 1. The molecule has 0 fully saturated rings. The van der Waals surface area contributed by atoms with Gasteiger partial charge in [0.05, 0.1) is 17.0 Å². The fourth-order valence-corrected chi connectivity index (χ4v) is 4.86. The summed E-state index contributed by atoms with van der Waals surface area (Å²) in [4.78, 5) is 32.3. The number of fused-ring (bicyclic) bond motifs is 1. The minimum atomic E-state index is -0.358. The van der Waals surface area contributed by atoms with E-state index in [1.807, 2.05) is 24.1 Å². The number of thioether (sulfide) groups is 1. The molecule has 0 atom stereocenters. The van der Waals surface area contributed by atoms with Crippen LogP contribution in [-0.4, -0.2) is 39.2 Å². The lowest BCUT2D eigenvalue weighted by Crippen LogP contribution is -2.34. The van der Waals surface area contributed by atoms with Crippen LogP contribution in [0.4, 0.5) is 4.39 Å². The predicted octanol–water partition coefficient (Wildman–Crippen LogP) is 4.64. The second kappa shape index (κ2) is 9.54. The summed E-state index contributed by atoms with van der Waals surface area (Å²) in [5, 5.41) is 2.27. The van der Waals surface area contributed by atoms with Crippen molar-refractivity contribution in [3.05, 3.63) is 51.4 Å². The van der Waals surface area contributed by atoms with E-state index in [1.54, 1.807) is 19.1 Å². The van der Waals surface area contributed by atoms with Gasteiger partial charge in [-0.25, -0.2) is 9.37 Å². The number of carbonyl (C=O) groups excluding carboxylic acids is 1. The highest BCUT2D eigenvalue weighted by Crippen LogP contribution is 2.25. The molecule has 0 bridgehead atoms. The van der Waals surface area contributed by atoms with Crippen molar-refractivity contribution in [1.82, 2.24) is 14.5 Å². The van der Waals surface area contributed by atoms with Crippen LogP contribution in [0.25, 0.3) is 15.9 Å². The first-order valence-corrected chi connectivity index (χ1v) is 11.5. The van der Waals surface area contributed by atoms with Crippen LogP contribution in [0.5, 0.6) is 0 Å². The molecule has 5 nitrogen and oxygen atoms in total. The zero-order valence-electron chi connectivity index (χ0n) is 16.8. The fourth-order valence-electron chi connectivity index (χ4n) is 3.19. The second-order valence-electron chi connectivity index (χ2n) is 6.77. The Morgan fingerprint density at radius 2 is 1.97 bits per heavy atom. The lowest BCUT2D eigenvalue weighted by molar-refractivity contribution is -0.128. The molecule has 0 aliphatic heterocycles. The van der Waals surface area contributed by atoms with Gasteiger partial charge < -0.3 is 4.90 Å². The zero-order chi connectivity index (χ0) is 21.0. The molecule has 0 unspecified atom stereocenters. The Bertz CT molecular complexity index is 1070. The lowest BCUT2D eigenvalue weighted by Gasteiger charge is -2.21. The maximum atomic E-state index is 13.6. The van der Waals surface area contributed by atoms with Gasteiger partial charge >= 0.3 is 0 Å². The molecule has 1 amide bonds. The SMILES string of the molecule is CCCN(CCC)C(=O)CSc1nc2ccsc2c(=O)n1-c1ccc(F)cc1C. The molecule has 3 aromatic rings. The monoisotopic (exact) mass is 433 g/mol. The van der Waals surface area contributed by atoms with Gasteiger partial charge in [0, 0.05) is 13.1 Å². The quantitative estimate of drug-likeness (QED) is 0.384. The Kier molecular flexibility index (Phi) is 7.08. The van der Waals surface area contributed by atoms with Gasteiger partial charge in [-0.2, -0.15) is 0 Å². The molecule has 154 valence electrons. The van der Waals surface area contributed by atoms with E-state index in [0.717, 1.165) is 12.8 Å². The molecule has 29 heavy (non-hydrogen) atoms. The number of aromatic nitrogens is 2. The number of hydrogen-bond donors (Lipinski definition) is 0. The van der Waals surface area contributed by atoms with E-state index in [1.165, 1.54) is 39.8 Å². The molecule has 2 heterocycles. The molecule has 0 N–H and O–H groups in total. The third kappa shape index (κ3) is 4.70. The Labute approximate surface area is 177 Å². The van der Waals surface area contributed by atoms with Crippen molar-refractivity contribution in [2.45, 2.75) is 38.8 Å². The number of aryl methyl sites for hydroxylation is 1. The topological polar surface area (TPSA) is 55.2 Å². The smallest absolute Gasteiger partial charge is 0.276 e. The third-order valence-electron chi connectivity index (χ3n) is 4.51. The lowest BCUT2D eigenvalue weighted by atomic mass is 10.2. The van der Waals surface area contributed by atoms with E-state index in [0.29, 0.717) is 39.7 Å². The largest absolute Gasteiger partial charge is 0.342 e. The third-order valence-corrected chi connectivity index (χ3v) is 6.33. The van der Waals surface area contributed by atoms with E-state index >= 15 is 0 Å². The van der Waals surface area contributed by atoms with E-state index in [-0.39, 0.29) is 23.0 Å². The Morgan fingerprint density at radius 3 is 2.62 bits per heavy atom. The molecule has 3 rings (SSSR count). The van der Waals surface area contributed by atoms with Crippen molar-refractivity contribution >= 4 is 39.2 Å². The Hall–Kier alpha value is -2.19. The molecule has 0 saturated heterocycles. The van der Waals surface area contributed by atoms with Crippen LogP contribution in [0, 0.1) is 12.7 Å². The first-order valence-electron chi connectivity index (χ1n) is 9.63. The van der Waals surface area contributed by atoms with E-state index in [4.69, 9.17) is 0 Å².